The second-order valence-corrected chi connectivity index (χ2v) is 8.04. The topological polar surface area (TPSA) is 73.9 Å². The van der Waals surface area contributed by atoms with E-state index in [1.54, 1.807) is 14.2 Å². The third-order valence-electron chi connectivity index (χ3n) is 6.10. The van der Waals surface area contributed by atoms with Gasteiger partial charge in [-0.05, 0) is 47.7 Å². The molecule has 0 radical (unpaired) electrons. The van der Waals surface area contributed by atoms with Crippen LogP contribution in [-0.2, 0) is 19.4 Å². The van der Waals surface area contributed by atoms with Crippen LogP contribution in [0, 0.1) is 0 Å². The molecule has 0 saturated heterocycles. The lowest BCUT2D eigenvalue weighted by Gasteiger charge is -2.29. The molecule has 0 bridgehead atoms. The Balaban J connectivity index is 0.00000306. The standard InChI is InChI=1S/C25H33N5O2.HI/c1-26-25(27-10-8-19-16-29-22-7-5-4-6-21(19)22)28-11-13-30-12-9-18-14-23(31-2)24(32-3)15-20(18)17-30;/h4-7,14-16,29H,8-13,17H2,1-3H3,(H2,26,27,28);1H. The van der Waals surface area contributed by atoms with Crippen LogP contribution in [0.25, 0.3) is 10.9 Å². The molecule has 7 nitrogen and oxygen atoms in total. The van der Waals surface area contributed by atoms with Crippen LogP contribution in [0.2, 0.25) is 0 Å². The molecule has 1 aliphatic heterocycles. The van der Waals surface area contributed by atoms with Crippen molar-refractivity contribution < 1.29 is 9.47 Å². The van der Waals surface area contributed by atoms with Crippen LogP contribution < -0.4 is 20.1 Å². The molecule has 0 fully saturated rings. The molecule has 0 aliphatic carbocycles. The number of aromatic amines is 1. The van der Waals surface area contributed by atoms with Gasteiger partial charge in [-0.15, -0.1) is 24.0 Å². The molecule has 0 spiro atoms. The molecule has 0 unspecified atom stereocenters. The van der Waals surface area contributed by atoms with E-state index in [1.165, 1.54) is 27.6 Å². The molecule has 4 rings (SSSR count). The highest BCUT2D eigenvalue weighted by molar-refractivity contribution is 14.0. The Morgan fingerprint density at radius 1 is 1.06 bits per heavy atom. The molecule has 178 valence electrons. The summed E-state index contributed by atoms with van der Waals surface area (Å²) in [4.78, 5) is 10.2. The minimum absolute atomic E-state index is 0. The van der Waals surface area contributed by atoms with Crippen molar-refractivity contribution in [3.05, 3.63) is 59.3 Å². The van der Waals surface area contributed by atoms with Crippen LogP contribution >= 0.6 is 24.0 Å². The van der Waals surface area contributed by atoms with Crippen molar-refractivity contribution >= 4 is 40.8 Å². The third-order valence-corrected chi connectivity index (χ3v) is 6.10. The fourth-order valence-electron chi connectivity index (χ4n) is 4.34. The van der Waals surface area contributed by atoms with Crippen molar-refractivity contribution in [3.63, 3.8) is 0 Å². The normalized spacial score (nSPS) is 13.8. The second-order valence-electron chi connectivity index (χ2n) is 8.04. The Bertz CT molecular complexity index is 1080. The number of H-pyrrole nitrogens is 1. The van der Waals surface area contributed by atoms with Crippen molar-refractivity contribution in [2.45, 2.75) is 19.4 Å². The molecule has 8 heteroatoms. The van der Waals surface area contributed by atoms with Gasteiger partial charge in [0.05, 0.1) is 14.2 Å². The minimum Gasteiger partial charge on any atom is -0.493 e. The van der Waals surface area contributed by atoms with Crippen LogP contribution in [-0.4, -0.2) is 63.3 Å². The molecule has 3 aromatic rings. The number of methoxy groups -OCH3 is 2. The first kappa shape index (κ1) is 25.2. The van der Waals surface area contributed by atoms with E-state index >= 15 is 0 Å². The zero-order valence-electron chi connectivity index (χ0n) is 19.6. The Morgan fingerprint density at radius 2 is 1.79 bits per heavy atom. The SMILES string of the molecule is CN=C(NCCc1c[nH]c2ccccc12)NCCN1CCc2cc(OC)c(OC)cc2C1.I. The maximum absolute atomic E-state index is 5.47. The van der Waals surface area contributed by atoms with Gasteiger partial charge in [0.15, 0.2) is 17.5 Å². The molecular weight excluding hydrogens is 529 g/mol. The number of halogens is 1. The Hall–Kier alpha value is -2.46. The lowest BCUT2D eigenvalue weighted by Crippen LogP contribution is -2.43. The van der Waals surface area contributed by atoms with Crippen molar-refractivity contribution in [1.29, 1.82) is 0 Å². The number of para-hydroxylation sites is 1. The number of ether oxygens (including phenoxy) is 2. The average molecular weight is 563 g/mol. The van der Waals surface area contributed by atoms with Gasteiger partial charge < -0.3 is 25.1 Å². The first-order chi connectivity index (χ1) is 15.7. The minimum atomic E-state index is 0. The Morgan fingerprint density at radius 3 is 2.55 bits per heavy atom. The highest BCUT2D eigenvalue weighted by atomic mass is 127. The molecule has 33 heavy (non-hydrogen) atoms. The summed E-state index contributed by atoms with van der Waals surface area (Å²) in [6.07, 6.45) is 4.06. The van der Waals surface area contributed by atoms with E-state index in [0.29, 0.717) is 0 Å². The predicted molar refractivity (Wildman–Crippen MR) is 145 cm³/mol. The van der Waals surface area contributed by atoms with Gasteiger partial charge >= 0.3 is 0 Å². The summed E-state index contributed by atoms with van der Waals surface area (Å²) >= 11 is 0. The number of hydrogen-bond acceptors (Lipinski definition) is 4. The van der Waals surface area contributed by atoms with E-state index in [1.807, 2.05) is 7.05 Å². The summed E-state index contributed by atoms with van der Waals surface area (Å²) in [7, 11) is 5.19. The number of fused-ring (bicyclic) bond motifs is 2. The van der Waals surface area contributed by atoms with Crippen molar-refractivity contribution in [1.82, 2.24) is 20.5 Å². The summed E-state index contributed by atoms with van der Waals surface area (Å²) in [6.45, 7) is 4.59. The van der Waals surface area contributed by atoms with Crippen LogP contribution in [0.3, 0.4) is 0 Å². The van der Waals surface area contributed by atoms with E-state index in [0.717, 1.165) is 63.0 Å². The lowest BCUT2D eigenvalue weighted by molar-refractivity contribution is 0.256. The molecule has 1 aliphatic rings. The van der Waals surface area contributed by atoms with E-state index in [-0.39, 0.29) is 24.0 Å². The molecular formula is C25H34IN5O2. The lowest BCUT2D eigenvalue weighted by atomic mass is 9.99. The number of rotatable bonds is 8. The summed E-state index contributed by atoms with van der Waals surface area (Å²) in [5.74, 6) is 2.45. The molecule has 0 atom stereocenters. The van der Waals surface area contributed by atoms with Crippen LogP contribution in [0.4, 0.5) is 0 Å². The van der Waals surface area contributed by atoms with Gasteiger partial charge in [0.2, 0.25) is 0 Å². The van der Waals surface area contributed by atoms with Gasteiger partial charge in [0.1, 0.15) is 0 Å². The largest absolute Gasteiger partial charge is 0.493 e. The smallest absolute Gasteiger partial charge is 0.191 e. The first-order valence-corrected chi connectivity index (χ1v) is 11.2. The van der Waals surface area contributed by atoms with Gasteiger partial charge in [0.25, 0.3) is 0 Å². The monoisotopic (exact) mass is 563 g/mol. The van der Waals surface area contributed by atoms with Gasteiger partial charge in [-0.2, -0.15) is 0 Å². The number of aliphatic imine (C=N–C) groups is 1. The number of nitrogens with zero attached hydrogens (tertiary/aromatic N) is 2. The number of hydrogen-bond donors (Lipinski definition) is 3. The molecule has 0 amide bonds. The number of nitrogens with one attached hydrogen (secondary N) is 3. The number of guanidine groups is 1. The first-order valence-electron chi connectivity index (χ1n) is 11.2. The summed E-state index contributed by atoms with van der Waals surface area (Å²) in [5.41, 5.74) is 5.17. The van der Waals surface area contributed by atoms with Crippen LogP contribution in [0.5, 0.6) is 11.5 Å². The molecule has 2 heterocycles. The quantitative estimate of drug-likeness (QED) is 0.222. The van der Waals surface area contributed by atoms with Gasteiger partial charge in [-0.3, -0.25) is 9.89 Å². The molecule has 2 aromatic carbocycles. The van der Waals surface area contributed by atoms with Crippen molar-refractivity contribution in [2.75, 3.05) is 47.4 Å². The summed E-state index contributed by atoms with van der Waals surface area (Å²) < 4.78 is 10.9. The van der Waals surface area contributed by atoms with Gasteiger partial charge in [-0.1, -0.05) is 18.2 Å². The fraction of sp³-hybridized carbons (Fsp3) is 0.400. The van der Waals surface area contributed by atoms with E-state index in [9.17, 15) is 0 Å². The van der Waals surface area contributed by atoms with Crippen LogP contribution in [0.15, 0.2) is 47.6 Å². The Kier molecular flexibility index (Phi) is 9.25. The van der Waals surface area contributed by atoms with Crippen molar-refractivity contribution in [2.24, 2.45) is 4.99 Å². The summed E-state index contributed by atoms with van der Waals surface area (Å²) in [6, 6.07) is 12.6. The fourth-order valence-corrected chi connectivity index (χ4v) is 4.34. The zero-order chi connectivity index (χ0) is 22.3. The highest BCUT2D eigenvalue weighted by Crippen LogP contribution is 2.33. The summed E-state index contributed by atoms with van der Waals surface area (Å²) in [5, 5.41) is 8.16. The molecule has 1 aromatic heterocycles. The van der Waals surface area contributed by atoms with Crippen molar-refractivity contribution in [3.8, 4) is 11.5 Å². The predicted octanol–water partition coefficient (Wildman–Crippen LogP) is 3.57. The average Bonchev–Trinajstić information content (AvgIpc) is 3.25. The maximum Gasteiger partial charge on any atom is 0.191 e. The third kappa shape index (κ3) is 6.11. The van der Waals surface area contributed by atoms with E-state index < -0.39 is 0 Å². The van der Waals surface area contributed by atoms with E-state index in [2.05, 4.69) is 68.1 Å². The second kappa shape index (κ2) is 12.1. The van der Waals surface area contributed by atoms with Crippen LogP contribution in [0.1, 0.15) is 16.7 Å². The highest BCUT2D eigenvalue weighted by Gasteiger charge is 2.19. The zero-order valence-corrected chi connectivity index (χ0v) is 21.9. The molecule has 0 saturated carbocycles. The maximum atomic E-state index is 5.47. The van der Waals surface area contributed by atoms with Gasteiger partial charge in [0, 0.05) is 56.9 Å². The van der Waals surface area contributed by atoms with E-state index in [4.69, 9.17) is 9.47 Å². The Labute approximate surface area is 213 Å². The molecule has 3 N–H and O–H groups in total. The van der Waals surface area contributed by atoms with Gasteiger partial charge in [-0.25, -0.2) is 0 Å². The number of aromatic nitrogens is 1. The number of benzene rings is 2.